The molecule has 0 radical (unpaired) electrons. The number of aromatic nitrogens is 3. The molecule has 0 N–H and O–H groups in total. The highest BCUT2D eigenvalue weighted by Crippen LogP contribution is 2.33. The molecule has 4 rings (SSSR count). The van der Waals surface area contributed by atoms with Crippen molar-refractivity contribution in [3.63, 3.8) is 0 Å². The van der Waals surface area contributed by atoms with Crippen LogP contribution in [-0.2, 0) is 19.4 Å². The van der Waals surface area contributed by atoms with Crippen molar-refractivity contribution < 1.29 is 9.47 Å². The van der Waals surface area contributed by atoms with Crippen LogP contribution < -0.4 is 9.47 Å². The van der Waals surface area contributed by atoms with E-state index in [1.54, 1.807) is 6.20 Å². The van der Waals surface area contributed by atoms with Crippen LogP contribution in [0.15, 0.2) is 55.1 Å². The first-order valence-corrected chi connectivity index (χ1v) is 8.58. The van der Waals surface area contributed by atoms with Crippen molar-refractivity contribution in [2.24, 2.45) is 0 Å². The van der Waals surface area contributed by atoms with E-state index in [2.05, 4.69) is 45.9 Å². The molecule has 3 aromatic rings. The summed E-state index contributed by atoms with van der Waals surface area (Å²) >= 11 is 0. The highest BCUT2D eigenvalue weighted by molar-refractivity contribution is 5.44. The number of imidazole rings is 1. The van der Waals surface area contributed by atoms with Gasteiger partial charge in [0.25, 0.3) is 0 Å². The SMILES string of the molecule is C[C@H](Cc1ccc2c(c1)OCO2)c1nccn1CCc1cccnc1. The number of aryl methyl sites for hydroxylation is 2. The Labute approximate surface area is 147 Å². The molecule has 0 fully saturated rings. The van der Waals surface area contributed by atoms with Crippen molar-refractivity contribution in [1.29, 1.82) is 0 Å². The lowest BCUT2D eigenvalue weighted by Gasteiger charge is -2.14. The fourth-order valence-corrected chi connectivity index (χ4v) is 3.25. The standard InChI is InChI=1S/C20H21N3O2/c1-15(11-17-4-5-18-19(12-17)25-14-24-18)20-22-8-10-23(20)9-6-16-3-2-7-21-13-16/h2-5,7-8,10,12-13,15H,6,9,11,14H2,1H3/t15-/m1/s1. The Morgan fingerprint density at radius 3 is 2.92 bits per heavy atom. The van der Waals surface area contributed by atoms with Crippen molar-refractivity contribution in [2.45, 2.75) is 32.2 Å². The second-order valence-electron chi connectivity index (χ2n) is 6.38. The van der Waals surface area contributed by atoms with Crippen LogP contribution in [0.3, 0.4) is 0 Å². The van der Waals surface area contributed by atoms with Crippen LogP contribution in [0.1, 0.15) is 29.8 Å². The number of fused-ring (bicyclic) bond motifs is 1. The van der Waals surface area contributed by atoms with Gasteiger partial charge in [-0.15, -0.1) is 0 Å². The van der Waals surface area contributed by atoms with Crippen molar-refractivity contribution in [1.82, 2.24) is 14.5 Å². The van der Waals surface area contributed by atoms with Crippen molar-refractivity contribution in [2.75, 3.05) is 6.79 Å². The number of hydrogen-bond donors (Lipinski definition) is 0. The van der Waals surface area contributed by atoms with Gasteiger partial charge < -0.3 is 14.0 Å². The van der Waals surface area contributed by atoms with Gasteiger partial charge in [0.15, 0.2) is 11.5 Å². The second-order valence-corrected chi connectivity index (χ2v) is 6.38. The van der Waals surface area contributed by atoms with E-state index in [-0.39, 0.29) is 0 Å². The average molecular weight is 335 g/mol. The van der Waals surface area contributed by atoms with Crippen LogP contribution in [-0.4, -0.2) is 21.3 Å². The third-order valence-corrected chi connectivity index (χ3v) is 4.53. The Kier molecular flexibility index (Phi) is 4.37. The Balaban J connectivity index is 1.44. The molecule has 2 aromatic heterocycles. The molecule has 0 amide bonds. The Morgan fingerprint density at radius 2 is 2.04 bits per heavy atom. The smallest absolute Gasteiger partial charge is 0.231 e. The average Bonchev–Trinajstić information content (AvgIpc) is 3.29. The largest absolute Gasteiger partial charge is 0.454 e. The molecule has 0 bridgehead atoms. The van der Waals surface area contributed by atoms with Crippen molar-refractivity contribution >= 4 is 0 Å². The van der Waals surface area contributed by atoms with Gasteiger partial charge in [0.05, 0.1) is 0 Å². The predicted octanol–water partition coefficient (Wildman–Crippen LogP) is 3.60. The van der Waals surface area contributed by atoms with E-state index in [0.29, 0.717) is 12.7 Å². The summed E-state index contributed by atoms with van der Waals surface area (Å²) in [5.41, 5.74) is 2.48. The first-order chi connectivity index (χ1) is 12.3. The summed E-state index contributed by atoms with van der Waals surface area (Å²) in [6.45, 7) is 3.44. The van der Waals surface area contributed by atoms with Crippen LogP contribution in [0.5, 0.6) is 11.5 Å². The van der Waals surface area contributed by atoms with Crippen molar-refractivity contribution in [3.05, 3.63) is 72.1 Å². The van der Waals surface area contributed by atoms with Crippen LogP contribution in [0.25, 0.3) is 0 Å². The fourth-order valence-electron chi connectivity index (χ4n) is 3.25. The third-order valence-electron chi connectivity index (χ3n) is 4.53. The number of pyridine rings is 1. The predicted molar refractivity (Wildman–Crippen MR) is 94.9 cm³/mol. The first kappa shape index (κ1) is 15.7. The normalized spacial score (nSPS) is 13.8. The van der Waals surface area contributed by atoms with Crippen LogP contribution in [0, 0.1) is 0 Å². The molecule has 1 atom stereocenters. The van der Waals surface area contributed by atoms with E-state index >= 15 is 0 Å². The molecule has 0 saturated heterocycles. The quantitative estimate of drug-likeness (QED) is 0.691. The highest BCUT2D eigenvalue weighted by atomic mass is 16.7. The number of ether oxygens (including phenoxy) is 2. The summed E-state index contributed by atoms with van der Waals surface area (Å²) in [7, 11) is 0. The summed E-state index contributed by atoms with van der Waals surface area (Å²) in [6.07, 6.45) is 9.54. The molecule has 1 aromatic carbocycles. The van der Waals surface area contributed by atoms with E-state index in [1.807, 2.05) is 24.5 Å². The lowest BCUT2D eigenvalue weighted by molar-refractivity contribution is 0.174. The number of nitrogens with zero attached hydrogens (tertiary/aromatic N) is 3. The lowest BCUT2D eigenvalue weighted by atomic mass is 10.00. The maximum absolute atomic E-state index is 5.47. The number of hydrogen-bond acceptors (Lipinski definition) is 4. The van der Waals surface area contributed by atoms with Crippen LogP contribution in [0.4, 0.5) is 0 Å². The summed E-state index contributed by atoms with van der Waals surface area (Å²) < 4.78 is 13.1. The van der Waals surface area contributed by atoms with Gasteiger partial charge in [-0.25, -0.2) is 4.98 Å². The zero-order chi connectivity index (χ0) is 17.1. The van der Waals surface area contributed by atoms with Gasteiger partial charge in [-0.3, -0.25) is 4.98 Å². The minimum atomic E-state index is 0.313. The van der Waals surface area contributed by atoms with Gasteiger partial charge in [0, 0.05) is 37.3 Å². The Bertz CT molecular complexity index is 845. The molecule has 0 saturated carbocycles. The summed E-state index contributed by atoms with van der Waals surface area (Å²) in [5.74, 6) is 3.10. The van der Waals surface area contributed by atoms with E-state index < -0.39 is 0 Å². The Morgan fingerprint density at radius 1 is 1.12 bits per heavy atom. The number of benzene rings is 1. The summed E-state index contributed by atoms with van der Waals surface area (Å²) in [6, 6.07) is 10.3. The van der Waals surface area contributed by atoms with E-state index in [0.717, 1.165) is 36.7 Å². The van der Waals surface area contributed by atoms with Crippen LogP contribution >= 0.6 is 0 Å². The second kappa shape index (κ2) is 6.97. The highest BCUT2D eigenvalue weighted by Gasteiger charge is 2.17. The fraction of sp³-hybridized carbons (Fsp3) is 0.300. The molecule has 5 heteroatoms. The summed E-state index contributed by atoms with van der Waals surface area (Å²) in [4.78, 5) is 8.77. The van der Waals surface area contributed by atoms with Gasteiger partial charge in [0.2, 0.25) is 6.79 Å². The molecule has 3 heterocycles. The van der Waals surface area contributed by atoms with E-state index in [9.17, 15) is 0 Å². The van der Waals surface area contributed by atoms with E-state index in [4.69, 9.17) is 9.47 Å². The molecule has 1 aliphatic rings. The molecule has 1 aliphatic heterocycles. The minimum absolute atomic E-state index is 0.313. The molecular formula is C20H21N3O2. The van der Waals surface area contributed by atoms with Gasteiger partial charge in [-0.2, -0.15) is 0 Å². The molecule has 5 nitrogen and oxygen atoms in total. The Hall–Kier alpha value is -2.82. The summed E-state index contributed by atoms with van der Waals surface area (Å²) in [5, 5.41) is 0. The monoisotopic (exact) mass is 335 g/mol. The molecule has 0 spiro atoms. The van der Waals surface area contributed by atoms with E-state index in [1.165, 1.54) is 11.1 Å². The zero-order valence-corrected chi connectivity index (χ0v) is 14.3. The minimum Gasteiger partial charge on any atom is -0.454 e. The van der Waals surface area contributed by atoms with Gasteiger partial charge in [-0.05, 0) is 42.2 Å². The maximum Gasteiger partial charge on any atom is 0.231 e. The van der Waals surface area contributed by atoms with Crippen LogP contribution in [0.2, 0.25) is 0 Å². The molecule has 128 valence electrons. The van der Waals surface area contributed by atoms with Gasteiger partial charge in [0.1, 0.15) is 5.82 Å². The van der Waals surface area contributed by atoms with Gasteiger partial charge >= 0.3 is 0 Å². The van der Waals surface area contributed by atoms with Crippen molar-refractivity contribution in [3.8, 4) is 11.5 Å². The molecular weight excluding hydrogens is 314 g/mol. The molecule has 0 aliphatic carbocycles. The van der Waals surface area contributed by atoms with Gasteiger partial charge in [-0.1, -0.05) is 19.1 Å². The zero-order valence-electron chi connectivity index (χ0n) is 14.3. The lowest BCUT2D eigenvalue weighted by Crippen LogP contribution is -2.10. The molecule has 25 heavy (non-hydrogen) atoms. The third kappa shape index (κ3) is 3.50. The molecule has 0 unspecified atom stereocenters. The maximum atomic E-state index is 5.47. The first-order valence-electron chi connectivity index (χ1n) is 8.58. The number of rotatable bonds is 6. The topological polar surface area (TPSA) is 49.2 Å².